The van der Waals surface area contributed by atoms with E-state index in [-0.39, 0.29) is 24.0 Å². The predicted molar refractivity (Wildman–Crippen MR) is 83.0 cm³/mol. The summed E-state index contributed by atoms with van der Waals surface area (Å²) in [5, 5.41) is 5.80. The fraction of sp³-hybridized carbons (Fsp3) is 0.875. The summed E-state index contributed by atoms with van der Waals surface area (Å²) in [5.74, 6) is 0.0426. The van der Waals surface area contributed by atoms with E-state index in [0.717, 1.165) is 32.2 Å². The monoisotopic (exact) mass is 295 g/mol. The van der Waals surface area contributed by atoms with Crippen LogP contribution < -0.4 is 10.6 Å². The average Bonchev–Trinajstić information content (AvgIpc) is 2.48. The Hall–Kier alpha value is -1.26. The first-order chi connectivity index (χ1) is 10.1. The summed E-state index contributed by atoms with van der Waals surface area (Å²) in [6, 6.07) is -0.0894. The molecule has 1 aliphatic heterocycles. The van der Waals surface area contributed by atoms with Crippen molar-refractivity contribution in [3.8, 4) is 0 Å². The molecule has 1 saturated carbocycles. The van der Waals surface area contributed by atoms with Crippen molar-refractivity contribution in [1.82, 2.24) is 15.5 Å². The second kappa shape index (κ2) is 7.66. The van der Waals surface area contributed by atoms with Crippen LogP contribution in [0, 0.1) is 0 Å². The van der Waals surface area contributed by atoms with Crippen molar-refractivity contribution in [3.05, 3.63) is 0 Å². The molecule has 2 aliphatic rings. The first kappa shape index (κ1) is 16.1. The van der Waals surface area contributed by atoms with Crippen LogP contribution in [-0.4, -0.2) is 41.5 Å². The first-order valence-corrected chi connectivity index (χ1v) is 8.45. The molecule has 0 bridgehead atoms. The lowest BCUT2D eigenvalue weighted by Crippen LogP contribution is -2.54. The molecule has 0 aromatic heterocycles. The largest absolute Gasteiger partial charge is 0.338 e. The molecular formula is C16H29N3O2. The van der Waals surface area contributed by atoms with Gasteiger partial charge < -0.3 is 15.5 Å². The van der Waals surface area contributed by atoms with E-state index < -0.39 is 6.04 Å². The van der Waals surface area contributed by atoms with Crippen LogP contribution in [0.15, 0.2) is 0 Å². The molecular weight excluding hydrogens is 266 g/mol. The normalized spacial score (nSPS) is 25.2. The van der Waals surface area contributed by atoms with Gasteiger partial charge in [0.25, 0.3) is 0 Å². The van der Waals surface area contributed by atoms with Crippen LogP contribution in [0.5, 0.6) is 0 Å². The van der Waals surface area contributed by atoms with Gasteiger partial charge in [0.15, 0.2) is 0 Å². The van der Waals surface area contributed by atoms with Crippen molar-refractivity contribution < 1.29 is 9.59 Å². The highest BCUT2D eigenvalue weighted by Gasteiger charge is 2.28. The smallest absolute Gasteiger partial charge is 0.315 e. The van der Waals surface area contributed by atoms with Crippen LogP contribution in [0.3, 0.4) is 0 Å². The highest BCUT2D eigenvalue weighted by atomic mass is 16.2. The number of urea groups is 1. The van der Waals surface area contributed by atoms with Crippen LogP contribution in [0.25, 0.3) is 0 Å². The first-order valence-electron chi connectivity index (χ1n) is 8.45. The third kappa shape index (κ3) is 4.61. The van der Waals surface area contributed by atoms with Crippen LogP contribution in [0.1, 0.15) is 65.2 Å². The van der Waals surface area contributed by atoms with Gasteiger partial charge in [-0.25, -0.2) is 4.79 Å². The van der Waals surface area contributed by atoms with E-state index in [0.29, 0.717) is 0 Å². The minimum Gasteiger partial charge on any atom is -0.338 e. The molecule has 120 valence electrons. The zero-order chi connectivity index (χ0) is 15.2. The fourth-order valence-electron chi connectivity index (χ4n) is 3.41. The molecule has 0 aromatic rings. The number of amides is 3. The molecule has 1 saturated heterocycles. The molecule has 2 fully saturated rings. The Morgan fingerprint density at radius 2 is 1.71 bits per heavy atom. The van der Waals surface area contributed by atoms with E-state index in [1.54, 1.807) is 6.92 Å². The molecule has 2 rings (SSSR count). The highest BCUT2D eigenvalue weighted by molar-refractivity contribution is 5.87. The second-order valence-corrected chi connectivity index (χ2v) is 6.55. The molecule has 0 radical (unpaired) electrons. The number of hydrogen-bond donors (Lipinski definition) is 2. The Balaban J connectivity index is 1.77. The predicted octanol–water partition coefficient (Wildman–Crippen LogP) is 2.41. The van der Waals surface area contributed by atoms with Crippen molar-refractivity contribution in [2.75, 3.05) is 6.54 Å². The average molecular weight is 295 g/mol. The molecule has 0 unspecified atom stereocenters. The molecule has 1 aliphatic carbocycles. The summed E-state index contributed by atoms with van der Waals surface area (Å²) in [5.41, 5.74) is 0. The number of piperidine rings is 1. The van der Waals surface area contributed by atoms with Gasteiger partial charge in [0.2, 0.25) is 5.91 Å². The van der Waals surface area contributed by atoms with Crippen LogP contribution in [-0.2, 0) is 4.79 Å². The van der Waals surface area contributed by atoms with Crippen LogP contribution in [0.4, 0.5) is 4.79 Å². The molecule has 1 heterocycles. The summed E-state index contributed by atoms with van der Waals surface area (Å²) in [7, 11) is 0. The summed E-state index contributed by atoms with van der Waals surface area (Å²) in [6.45, 7) is 4.69. The molecule has 3 amide bonds. The maximum absolute atomic E-state index is 12.4. The van der Waals surface area contributed by atoms with Crippen LogP contribution in [0.2, 0.25) is 0 Å². The summed E-state index contributed by atoms with van der Waals surface area (Å²) in [6.07, 6.45) is 9.06. The van der Waals surface area contributed by atoms with Crippen molar-refractivity contribution in [2.24, 2.45) is 0 Å². The van der Waals surface area contributed by atoms with Crippen molar-refractivity contribution in [1.29, 1.82) is 0 Å². The molecule has 5 heteroatoms. The fourth-order valence-corrected chi connectivity index (χ4v) is 3.41. The van der Waals surface area contributed by atoms with E-state index in [2.05, 4.69) is 17.6 Å². The quantitative estimate of drug-likeness (QED) is 0.840. The summed E-state index contributed by atoms with van der Waals surface area (Å²) >= 11 is 0. The van der Waals surface area contributed by atoms with Gasteiger partial charge in [-0.1, -0.05) is 19.3 Å². The summed E-state index contributed by atoms with van der Waals surface area (Å²) in [4.78, 5) is 26.3. The van der Waals surface area contributed by atoms with E-state index in [4.69, 9.17) is 0 Å². The Bertz CT molecular complexity index is 367. The standard InChI is InChI=1S/C16H29N3O2/c1-12-8-6-7-11-19(12)15(20)13(2)17-16(21)18-14-9-4-3-5-10-14/h12-14H,3-11H2,1-2H3,(H2,17,18,21)/t12-,13-/m0/s1. The second-order valence-electron chi connectivity index (χ2n) is 6.55. The Morgan fingerprint density at radius 3 is 2.38 bits per heavy atom. The number of hydrogen-bond acceptors (Lipinski definition) is 2. The van der Waals surface area contributed by atoms with Gasteiger partial charge in [0.1, 0.15) is 6.04 Å². The maximum Gasteiger partial charge on any atom is 0.315 e. The van der Waals surface area contributed by atoms with Crippen molar-refractivity contribution in [3.63, 3.8) is 0 Å². The van der Waals surface area contributed by atoms with E-state index >= 15 is 0 Å². The Labute approximate surface area is 127 Å². The van der Waals surface area contributed by atoms with Crippen molar-refractivity contribution in [2.45, 2.75) is 83.3 Å². The zero-order valence-corrected chi connectivity index (χ0v) is 13.4. The minimum atomic E-state index is -0.450. The Morgan fingerprint density at radius 1 is 1.05 bits per heavy atom. The van der Waals surface area contributed by atoms with Gasteiger partial charge in [0, 0.05) is 18.6 Å². The van der Waals surface area contributed by atoms with Gasteiger partial charge in [0.05, 0.1) is 0 Å². The third-order valence-electron chi connectivity index (χ3n) is 4.74. The van der Waals surface area contributed by atoms with Crippen LogP contribution >= 0.6 is 0 Å². The van der Waals surface area contributed by atoms with Gasteiger partial charge in [-0.05, 0) is 46.0 Å². The lowest BCUT2D eigenvalue weighted by Gasteiger charge is -2.35. The van der Waals surface area contributed by atoms with Gasteiger partial charge in [-0.2, -0.15) is 0 Å². The molecule has 2 atom stereocenters. The SMILES string of the molecule is C[C@H](NC(=O)NC1CCCCC1)C(=O)N1CCCC[C@@H]1C. The zero-order valence-electron chi connectivity index (χ0n) is 13.4. The molecule has 21 heavy (non-hydrogen) atoms. The topological polar surface area (TPSA) is 61.4 Å². The molecule has 0 aromatic carbocycles. The number of nitrogens with one attached hydrogen (secondary N) is 2. The lowest BCUT2D eigenvalue weighted by molar-refractivity contribution is -0.136. The lowest BCUT2D eigenvalue weighted by atomic mass is 9.96. The number of nitrogens with zero attached hydrogens (tertiary/aromatic N) is 1. The van der Waals surface area contributed by atoms with Gasteiger partial charge in [-0.3, -0.25) is 4.79 Å². The molecule has 5 nitrogen and oxygen atoms in total. The van der Waals surface area contributed by atoms with E-state index in [1.807, 2.05) is 4.90 Å². The number of carbonyl (C=O) groups excluding carboxylic acids is 2. The maximum atomic E-state index is 12.4. The van der Waals surface area contributed by atoms with Crippen molar-refractivity contribution >= 4 is 11.9 Å². The van der Waals surface area contributed by atoms with Gasteiger partial charge >= 0.3 is 6.03 Å². The molecule has 2 N–H and O–H groups in total. The minimum absolute atomic E-state index is 0.0426. The highest BCUT2D eigenvalue weighted by Crippen LogP contribution is 2.18. The number of rotatable bonds is 3. The Kier molecular flexibility index (Phi) is 5.88. The molecule has 0 spiro atoms. The summed E-state index contributed by atoms with van der Waals surface area (Å²) < 4.78 is 0. The van der Waals surface area contributed by atoms with E-state index in [9.17, 15) is 9.59 Å². The third-order valence-corrected chi connectivity index (χ3v) is 4.74. The van der Waals surface area contributed by atoms with E-state index in [1.165, 1.54) is 25.7 Å². The number of likely N-dealkylation sites (tertiary alicyclic amines) is 1. The van der Waals surface area contributed by atoms with Gasteiger partial charge in [-0.15, -0.1) is 0 Å². The number of carbonyl (C=O) groups is 2.